The van der Waals surface area contributed by atoms with Crippen molar-refractivity contribution in [1.29, 1.82) is 0 Å². The lowest BCUT2D eigenvalue weighted by Crippen LogP contribution is -2.33. The molecule has 0 radical (unpaired) electrons. The van der Waals surface area contributed by atoms with Gasteiger partial charge in [0.1, 0.15) is 6.10 Å². The standard InChI is InChI=1S/C21H40O6/c1-2-3-4-11-14-18(23)15-12-9-7-5-6-8-10-13-16-20(25)27-21(26)19(24)17-22/h9,12,18-19,21-24,26H,2-8,10-11,13-17H2,1H3/b12-9-. The first-order valence-electron chi connectivity index (χ1n) is 10.5. The number of aliphatic hydroxyl groups excluding tert-OH is 4. The van der Waals surface area contributed by atoms with Gasteiger partial charge >= 0.3 is 5.97 Å². The quantitative estimate of drug-likeness (QED) is 0.124. The van der Waals surface area contributed by atoms with Crippen molar-refractivity contribution in [3.63, 3.8) is 0 Å². The van der Waals surface area contributed by atoms with Crippen LogP contribution in [-0.4, -0.2) is 51.5 Å². The fourth-order valence-electron chi connectivity index (χ4n) is 2.72. The fraction of sp³-hybridized carbons (Fsp3) is 0.857. The molecule has 0 bridgehead atoms. The molecule has 0 aliphatic heterocycles. The first kappa shape index (κ1) is 26.1. The van der Waals surface area contributed by atoms with Crippen LogP contribution in [0.4, 0.5) is 0 Å². The molecule has 0 aliphatic carbocycles. The van der Waals surface area contributed by atoms with E-state index in [2.05, 4.69) is 23.8 Å². The molecule has 0 aromatic heterocycles. The minimum absolute atomic E-state index is 0.200. The number of aliphatic hydroxyl groups is 4. The molecular weight excluding hydrogens is 348 g/mol. The van der Waals surface area contributed by atoms with Crippen LogP contribution in [0.2, 0.25) is 0 Å². The average molecular weight is 389 g/mol. The zero-order valence-electron chi connectivity index (χ0n) is 16.9. The topological polar surface area (TPSA) is 107 Å². The number of ether oxygens (including phenoxy) is 1. The summed E-state index contributed by atoms with van der Waals surface area (Å²) in [5.41, 5.74) is 0. The lowest BCUT2D eigenvalue weighted by molar-refractivity contribution is -0.190. The van der Waals surface area contributed by atoms with Gasteiger partial charge in [-0.15, -0.1) is 0 Å². The first-order chi connectivity index (χ1) is 13.0. The van der Waals surface area contributed by atoms with Gasteiger partial charge in [0.05, 0.1) is 12.7 Å². The lowest BCUT2D eigenvalue weighted by Gasteiger charge is -2.15. The number of hydrogen-bond donors (Lipinski definition) is 4. The van der Waals surface area contributed by atoms with Gasteiger partial charge in [0.2, 0.25) is 6.29 Å². The molecule has 6 nitrogen and oxygen atoms in total. The molecule has 0 aromatic carbocycles. The van der Waals surface area contributed by atoms with Gasteiger partial charge < -0.3 is 25.2 Å². The maximum atomic E-state index is 11.4. The Labute approximate surface area is 164 Å². The molecule has 3 atom stereocenters. The summed E-state index contributed by atoms with van der Waals surface area (Å²) in [5, 5.41) is 36.8. The molecule has 0 spiro atoms. The van der Waals surface area contributed by atoms with E-state index in [4.69, 9.17) is 10.2 Å². The zero-order chi connectivity index (χ0) is 20.3. The Morgan fingerprint density at radius 2 is 1.59 bits per heavy atom. The molecule has 0 saturated heterocycles. The summed E-state index contributed by atoms with van der Waals surface area (Å²) in [4.78, 5) is 11.4. The highest BCUT2D eigenvalue weighted by molar-refractivity contribution is 5.69. The summed E-state index contributed by atoms with van der Waals surface area (Å²) >= 11 is 0. The fourth-order valence-corrected chi connectivity index (χ4v) is 2.72. The van der Waals surface area contributed by atoms with Gasteiger partial charge in [0.15, 0.2) is 0 Å². The zero-order valence-corrected chi connectivity index (χ0v) is 16.9. The van der Waals surface area contributed by atoms with Gasteiger partial charge in [-0.1, -0.05) is 64.0 Å². The Morgan fingerprint density at radius 1 is 0.926 bits per heavy atom. The molecule has 160 valence electrons. The highest BCUT2D eigenvalue weighted by Gasteiger charge is 2.19. The largest absolute Gasteiger partial charge is 0.433 e. The Balaban J connectivity index is 3.45. The van der Waals surface area contributed by atoms with Crippen LogP contribution in [0, 0.1) is 0 Å². The van der Waals surface area contributed by atoms with E-state index in [1.165, 1.54) is 19.3 Å². The predicted octanol–water partition coefficient (Wildman–Crippen LogP) is 3.21. The molecule has 0 amide bonds. The number of rotatable bonds is 18. The highest BCUT2D eigenvalue weighted by atomic mass is 16.6. The van der Waals surface area contributed by atoms with E-state index in [0.29, 0.717) is 6.42 Å². The third-order valence-corrected chi connectivity index (χ3v) is 4.49. The summed E-state index contributed by atoms with van der Waals surface area (Å²) in [6, 6.07) is 0. The first-order valence-corrected chi connectivity index (χ1v) is 10.5. The second kappa shape index (κ2) is 18.4. The molecule has 0 aromatic rings. The maximum Gasteiger partial charge on any atom is 0.308 e. The van der Waals surface area contributed by atoms with Crippen molar-refractivity contribution in [2.75, 3.05) is 6.61 Å². The van der Waals surface area contributed by atoms with E-state index in [-0.39, 0.29) is 12.5 Å². The third-order valence-electron chi connectivity index (χ3n) is 4.49. The van der Waals surface area contributed by atoms with Gasteiger partial charge in [-0.2, -0.15) is 0 Å². The minimum Gasteiger partial charge on any atom is -0.433 e. The lowest BCUT2D eigenvalue weighted by atomic mass is 10.1. The maximum absolute atomic E-state index is 11.4. The molecule has 3 unspecified atom stereocenters. The van der Waals surface area contributed by atoms with Crippen LogP contribution in [-0.2, 0) is 9.53 Å². The van der Waals surface area contributed by atoms with Crippen molar-refractivity contribution < 1.29 is 30.0 Å². The molecule has 0 heterocycles. The summed E-state index contributed by atoms with van der Waals surface area (Å²) in [6.45, 7) is 1.53. The number of hydrogen-bond acceptors (Lipinski definition) is 6. The van der Waals surface area contributed by atoms with Crippen molar-refractivity contribution in [3.05, 3.63) is 12.2 Å². The van der Waals surface area contributed by atoms with Crippen LogP contribution in [0.25, 0.3) is 0 Å². The molecule has 0 saturated carbocycles. The summed E-state index contributed by atoms with van der Waals surface area (Å²) in [5.74, 6) is -0.564. The van der Waals surface area contributed by atoms with Crippen LogP contribution in [0.5, 0.6) is 0 Å². The summed E-state index contributed by atoms with van der Waals surface area (Å²) < 4.78 is 4.61. The van der Waals surface area contributed by atoms with Crippen molar-refractivity contribution in [2.24, 2.45) is 0 Å². The van der Waals surface area contributed by atoms with E-state index in [9.17, 15) is 15.0 Å². The predicted molar refractivity (Wildman–Crippen MR) is 106 cm³/mol. The van der Waals surface area contributed by atoms with Crippen molar-refractivity contribution in [3.8, 4) is 0 Å². The highest BCUT2D eigenvalue weighted by Crippen LogP contribution is 2.11. The van der Waals surface area contributed by atoms with Gasteiger partial charge in [-0.3, -0.25) is 4.79 Å². The van der Waals surface area contributed by atoms with Gasteiger partial charge in [-0.05, 0) is 32.1 Å². The summed E-state index contributed by atoms with van der Waals surface area (Å²) in [7, 11) is 0. The molecular formula is C21H40O6. The third kappa shape index (κ3) is 16.9. The van der Waals surface area contributed by atoms with E-state index in [1.807, 2.05) is 0 Å². The number of allylic oxidation sites excluding steroid dienone is 1. The number of carbonyl (C=O) groups is 1. The Kier molecular flexibility index (Phi) is 17.8. The normalized spacial score (nSPS) is 15.0. The summed E-state index contributed by atoms with van der Waals surface area (Å²) in [6.07, 6.45) is 13.3. The molecule has 27 heavy (non-hydrogen) atoms. The van der Waals surface area contributed by atoms with Gasteiger partial charge in [-0.25, -0.2) is 0 Å². The number of esters is 1. The van der Waals surface area contributed by atoms with Crippen molar-refractivity contribution in [2.45, 2.75) is 109 Å². The number of carbonyl (C=O) groups excluding carboxylic acids is 1. The molecule has 0 fully saturated rings. The smallest absolute Gasteiger partial charge is 0.308 e. The second-order valence-electron chi connectivity index (χ2n) is 7.15. The SMILES string of the molecule is CCCCCCC(O)C/C=C\CCCCCCCC(=O)OC(O)C(O)CO. The van der Waals surface area contributed by atoms with Crippen LogP contribution in [0.15, 0.2) is 12.2 Å². The second-order valence-corrected chi connectivity index (χ2v) is 7.15. The minimum atomic E-state index is -1.66. The Hall–Kier alpha value is -0.950. The molecule has 0 rings (SSSR count). The van der Waals surface area contributed by atoms with Crippen molar-refractivity contribution >= 4 is 5.97 Å². The van der Waals surface area contributed by atoms with Gasteiger partial charge in [0, 0.05) is 6.42 Å². The van der Waals surface area contributed by atoms with E-state index >= 15 is 0 Å². The van der Waals surface area contributed by atoms with E-state index < -0.39 is 25.0 Å². The van der Waals surface area contributed by atoms with E-state index in [0.717, 1.165) is 51.4 Å². The average Bonchev–Trinajstić information content (AvgIpc) is 2.65. The van der Waals surface area contributed by atoms with Crippen molar-refractivity contribution in [1.82, 2.24) is 0 Å². The Morgan fingerprint density at radius 3 is 2.30 bits per heavy atom. The van der Waals surface area contributed by atoms with Crippen LogP contribution in [0.3, 0.4) is 0 Å². The molecule has 4 N–H and O–H groups in total. The molecule has 0 aliphatic rings. The monoisotopic (exact) mass is 388 g/mol. The van der Waals surface area contributed by atoms with Crippen LogP contribution < -0.4 is 0 Å². The van der Waals surface area contributed by atoms with E-state index in [1.54, 1.807) is 0 Å². The van der Waals surface area contributed by atoms with Crippen LogP contribution in [0.1, 0.15) is 90.4 Å². The molecule has 6 heteroatoms. The number of unbranched alkanes of at least 4 members (excludes halogenated alkanes) is 8. The van der Waals surface area contributed by atoms with Crippen LogP contribution >= 0.6 is 0 Å². The Bertz CT molecular complexity index is 372. The van der Waals surface area contributed by atoms with Gasteiger partial charge in [0.25, 0.3) is 0 Å².